The van der Waals surface area contributed by atoms with Crippen LogP contribution in [0, 0.1) is 6.92 Å². The number of aliphatic hydroxyl groups is 1. The minimum atomic E-state index is -0.205. The molecule has 0 aliphatic carbocycles. The summed E-state index contributed by atoms with van der Waals surface area (Å²) in [5.74, 6) is 0.479. The van der Waals surface area contributed by atoms with Crippen molar-refractivity contribution in [2.45, 2.75) is 26.6 Å². The Hall–Kier alpha value is -3.75. The molecule has 1 fully saturated rings. The van der Waals surface area contributed by atoms with E-state index in [0.717, 1.165) is 41.9 Å². The van der Waals surface area contributed by atoms with Gasteiger partial charge >= 0.3 is 0 Å². The summed E-state index contributed by atoms with van der Waals surface area (Å²) >= 11 is 0. The van der Waals surface area contributed by atoms with Gasteiger partial charge in [0.1, 0.15) is 5.82 Å². The number of ether oxygens (including phenoxy) is 1. The molecule has 0 bridgehead atoms. The number of aryl methyl sites for hydroxylation is 1. The summed E-state index contributed by atoms with van der Waals surface area (Å²) in [6.45, 7) is 6.51. The van der Waals surface area contributed by atoms with Crippen molar-refractivity contribution in [3.05, 3.63) is 76.5 Å². The normalized spacial score (nSPS) is 16.1. The second-order valence-electron chi connectivity index (χ2n) is 8.58. The average Bonchev–Trinajstić information content (AvgIpc) is 2.84. The Morgan fingerprint density at radius 2 is 2.12 bits per heavy atom. The molecular weight excluding hydrogens is 430 g/mol. The zero-order chi connectivity index (χ0) is 23.7. The lowest BCUT2D eigenvalue weighted by Gasteiger charge is -2.34. The number of fused-ring (bicyclic) bond motifs is 1. The number of nitrogens with zero attached hydrogens (tertiary/aromatic N) is 3. The molecule has 1 aromatic carbocycles. The summed E-state index contributed by atoms with van der Waals surface area (Å²) in [6, 6.07) is 13.5. The molecule has 5 rings (SSSR count). The van der Waals surface area contributed by atoms with E-state index in [9.17, 15) is 9.90 Å². The monoisotopic (exact) mass is 457 g/mol. The van der Waals surface area contributed by atoms with Crippen molar-refractivity contribution in [1.29, 1.82) is 0 Å². The summed E-state index contributed by atoms with van der Waals surface area (Å²) < 4.78 is 5.67. The van der Waals surface area contributed by atoms with Gasteiger partial charge in [-0.3, -0.25) is 9.78 Å². The highest BCUT2D eigenvalue weighted by molar-refractivity contribution is 5.95. The first kappa shape index (κ1) is 22.1. The predicted octanol–water partition coefficient (Wildman–Crippen LogP) is 3.75. The fourth-order valence-electron chi connectivity index (χ4n) is 4.38. The van der Waals surface area contributed by atoms with Crippen LogP contribution in [-0.2, 0) is 11.3 Å². The van der Waals surface area contributed by atoms with Crippen molar-refractivity contribution in [2.75, 3.05) is 29.9 Å². The first-order valence-corrected chi connectivity index (χ1v) is 11.3. The fourth-order valence-corrected chi connectivity index (χ4v) is 4.38. The third kappa shape index (κ3) is 4.37. The van der Waals surface area contributed by atoms with Crippen molar-refractivity contribution in [2.24, 2.45) is 0 Å². The van der Waals surface area contributed by atoms with Crippen LogP contribution in [0.15, 0.2) is 59.7 Å². The number of aromatic nitrogens is 3. The number of H-pyrrole nitrogens is 1. The number of morpholine rings is 1. The average molecular weight is 458 g/mol. The van der Waals surface area contributed by atoms with Crippen LogP contribution in [0.2, 0.25) is 0 Å². The molecule has 0 unspecified atom stereocenters. The molecule has 0 spiro atoms. The molecule has 1 saturated heterocycles. The van der Waals surface area contributed by atoms with Gasteiger partial charge in [0.05, 0.1) is 36.1 Å². The Bertz CT molecular complexity index is 1380. The number of aliphatic hydroxyl groups excluding tert-OH is 1. The first-order valence-electron chi connectivity index (χ1n) is 11.3. The van der Waals surface area contributed by atoms with Gasteiger partial charge in [0.25, 0.3) is 5.56 Å². The van der Waals surface area contributed by atoms with E-state index in [1.807, 2.05) is 24.3 Å². The number of hydrogen-bond acceptors (Lipinski definition) is 7. The summed E-state index contributed by atoms with van der Waals surface area (Å²) in [5.41, 5.74) is 5.04. The van der Waals surface area contributed by atoms with Crippen LogP contribution in [-0.4, -0.2) is 45.9 Å². The largest absolute Gasteiger partial charge is 0.390 e. The minimum absolute atomic E-state index is 0.119. The number of pyridine rings is 3. The van der Waals surface area contributed by atoms with Gasteiger partial charge in [-0.2, -0.15) is 0 Å². The molecule has 1 atom stereocenters. The number of nitrogens with one attached hydrogen (secondary N) is 2. The van der Waals surface area contributed by atoms with Gasteiger partial charge in [-0.15, -0.1) is 0 Å². The molecule has 174 valence electrons. The lowest BCUT2D eigenvalue weighted by atomic mass is 10.1. The van der Waals surface area contributed by atoms with E-state index in [2.05, 4.69) is 46.2 Å². The maximum absolute atomic E-state index is 12.7. The molecule has 0 amide bonds. The van der Waals surface area contributed by atoms with Crippen molar-refractivity contribution >= 4 is 28.0 Å². The van der Waals surface area contributed by atoms with Gasteiger partial charge in [0, 0.05) is 42.4 Å². The van der Waals surface area contributed by atoms with Gasteiger partial charge in [0.15, 0.2) is 0 Å². The van der Waals surface area contributed by atoms with Crippen molar-refractivity contribution in [1.82, 2.24) is 15.0 Å². The highest BCUT2D eigenvalue weighted by Gasteiger charge is 2.19. The molecular formula is C26H27N5O3. The van der Waals surface area contributed by atoms with Crippen molar-refractivity contribution in [3.63, 3.8) is 0 Å². The molecule has 8 heteroatoms. The van der Waals surface area contributed by atoms with Gasteiger partial charge in [-0.1, -0.05) is 0 Å². The zero-order valence-electron chi connectivity index (χ0n) is 19.2. The number of benzene rings is 1. The lowest BCUT2D eigenvalue weighted by Crippen LogP contribution is -2.41. The van der Waals surface area contributed by atoms with Gasteiger partial charge in [0.2, 0.25) is 0 Å². The highest BCUT2D eigenvalue weighted by Crippen LogP contribution is 2.30. The van der Waals surface area contributed by atoms with Gasteiger partial charge in [-0.05, 0) is 67.3 Å². The lowest BCUT2D eigenvalue weighted by molar-refractivity contribution is 0.0532. The van der Waals surface area contributed by atoms with E-state index in [1.165, 1.54) is 5.69 Å². The highest BCUT2D eigenvalue weighted by atomic mass is 16.5. The van der Waals surface area contributed by atoms with E-state index in [-0.39, 0.29) is 18.3 Å². The molecule has 1 aliphatic heterocycles. The Labute approximate surface area is 197 Å². The van der Waals surface area contributed by atoms with Crippen LogP contribution in [0.1, 0.15) is 18.2 Å². The third-order valence-corrected chi connectivity index (χ3v) is 6.08. The quantitative estimate of drug-likeness (QED) is 0.419. The standard InChI is InChI=1S/C26H27N5O3/c1-16-11-20(5-6-23(16)31-9-10-34-17(2)14-31)29-25-24-18(7-8-27-26(24)33)12-22(30-25)19-3-4-21(15-32)28-13-19/h3-8,11-13,17,32H,9-10,14-15H2,1-2H3,(H,27,33)(H,29,30)/t17-/m1/s1. The molecule has 3 aromatic heterocycles. The molecule has 0 radical (unpaired) electrons. The van der Waals surface area contributed by atoms with E-state index in [1.54, 1.807) is 18.5 Å². The smallest absolute Gasteiger partial charge is 0.259 e. The van der Waals surface area contributed by atoms with E-state index in [4.69, 9.17) is 9.72 Å². The molecule has 3 N–H and O–H groups in total. The van der Waals surface area contributed by atoms with Crippen LogP contribution >= 0.6 is 0 Å². The molecule has 8 nitrogen and oxygen atoms in total. The zero-order valence-corrected chi connectivity index (χ0v) is 19.2. The fraction of sp³-hybridized carbons (Fsp3) is 0.269. The minimum Gasteiger partial charge on any atom is -0.390 e. The predicted molar refractivity (Wildman–Crippen MR) is 134 cm³/mol. The first-order chi connectivity index (χ1) is 16.5. The number of anilines is 3. The van der Waals surface area contributed by atoms with Gasteiger partial charge in [-0.25, -0.2) is 4.98 Å². The SMILES string of the molecule is Cc1cc(Nc2nc(-c3ccc(CO)nc3)cc3cc[nH]c(=O)c23)ccc1N1CCO[C@H](C)C1. The third-order valence-electron chi connectivity index (χ3n) is 6.08. The van der Waals surface area contributed by atoms with E-state index < -0.39 is 0 Å². The second-order valence-corrected chi connectivity index (χ2v) is 8.58. The second kappa shape index (κ2) is 9.24. The van der Waals surface area contributed by atoms with Crippen LogP contribution in [0.5, 0.6) is 0 Å². The summed E-state index contributed by atoms with van der Waals surface area (Å²) in [5, 5.41) is 13.9. The van der Waals surface area contributed by atoms with Crippen LogP contribution in [0.3, 0.4) is 0 Å². The number of rotatable bonds is 5. The Morgan fingerprint density at radius 3 is 2.85 bits per heavy atom. The summed E-state index contributed by atoms with van der Waals surface area (Å²) in [7, 11) is 0. The van der Waals surface area contributed by atoms with Crippen LogP contribution < -0.4 is 15.8 Å². The Morgan fingerprint density at radius 1 is 1.24 bits per heavy atom. The van der Waals surface area contributed by atoms with Crippen molar-refractivity contribution in [3.8, 4) is 11.3 Å². The Balaban J connectivity index is 1.52. The molecule has 34 heavy (non-hydrogen) atoms. The van der Waals surface area contributed by atoms with Crippen LogP contribution in [0.25, 0.3) is 22.0 Å². The molecule has 4 heterocycles. The molecule has 4 aromatic rings. The molecule has 1 aliphatic rings. The van der Waals surface area contributed by atoms with Crippen molar-refractivity contribution < 1.29 is 9.84 Å². The number of hydrogen-bond donors (Lipinski definition) is 3. The summed E-state index contributed by atoms with van der Waals surface area (Å²) in [6.07, 6.45) is 3.52. The maximum atomic E-state index is 12.7. The topological polar surface area (TPSA) is 103 Å². The van der Waals surface area contributed by atoms with E-state index >= 15 is 0 Å². The van der Waals surface area contributed by atoms with E-state index in [0.29, 0.717) is 22.6 Å². The summed E-state index contributed by atoms with van der Waals surface area (Å²) in [4.78, 5) is 26.8. The molecule has 0 saturated carbocycles. The van der Waals surface area contributed by atoms with Crippen LogP contribution in [0.4, 0.5) is 17.2 Å². The number of aromatic amines is 1. The van der Waals surface area contributed by atoms with Gasteiger partial charge < -0.3 is 25.0 Å². The maximum Gasteiger partial charge on any atom is 0.259 e. The Kier molecular flexibility index (Phi) is 6.00.